The van der Waals surface area contributed by atoms with E-state index in [2.05, 4.69) is 0 Å². The van der Waals surface area contributed by atoms with Gasteiger partial charge in [-0.2, -0.15) is 0 Å². The Kier molecular flexibility index (Phi) is 51.4. The Bertz CT molecular complexity index is 19.7. The second kappa shape index (κ2) is 16.0. The van der Waals surface area contributed by atoms with E-state index in [1.54, 1.807) is 0 Å². The van der Waals surface area contributed by atoms with Crippen molar-refractivity contribution in [1.82, 2.24) is 0 Å². The number of hydrogen-bond acceptors (Lipinski definition) is 3. The summed E-state index contributed by atoms with van der Waals surface area (Å²) in [5, 5.41) is 0. The summed E-state index contributed by atoms with van der Waals surface area (Å²) in [6.07, 6.45) is 0. The summed E-state index contributed by atoms with van der Waals surface area (Å²) < 4.78 is 25.6. The molecule has 0 aliphatic carbocycles. The first-order valence-corrected chi connectivity index (χ1v) is 2.41. The van der Waals surface area contributed by atoms with Gasteiger partial charge in [0.1, 0.15) is 0 Å². The molecule has 0 amide bonds. The average Bonchev–Trinajstić information content (AvgIpc) is 0.811. The van der Waals surface area contributed by atoms with Crippen LogP contribution in [0.1, 0.15) is 0 Å². The fraction of sp³-hybridized carbons (Fsp3) is 0. The molecule has 0 spiro atoms. The van der Waals surface area contributed by atoms with E-state index in [1.165, 1.54) is 0 Å². The van der Waals surface area contributed by atoms with E-state index in [4.69, 9.17) is 12.6 Å². The van der Waals surface area contributed by atoms with Gasteiger partial charge in [-0.3, -0.25) is 0 Å². The Hall–Kier alpha value is 2.95. The van der Waals surface area contributed by atoms with Crippen molar-refractivity contribution in [3.8, 4) is 0 Å². The number of hydrogen-bond donors (Lipinski definition) is 0. The quantitative estimate of drug-likeness (QED) is 0.330. The third-order valence-corrected chi connectivity index (χ3v) is 0. The van der Waals surface area contributed by atoms with Gasteiger partial charge in [0.05, 0.1) is 0 Å². The molecule has 0 fully saturated rings. The van der Waals surface area contributed by atoms with Gasteiger partial charge >= 0.3 is 56.6 Å². The van der Waals surface area contributed by atoms with Gasteiger partial charge in [-0.05, 0) is 0 Å². The zero-order chi connectivity index (χ0) is 3.58. The molecule has 0 saturated carbocycles. The van der Waals surface area contributed by atoms with E-state index >= 15 is 0 Å². The molecule has 0 atom stereocenters. The van der Waals surface area contributed by atoms with Gasteiger partial charge in [-0.15, -0.1) is 0 Å². The maximum absolute atomic E-state index is 8.52. The first-order chi connectivity index (χ1) is 1.73. The molecule has 0 aliphatic rings. The van der Waals surface area contributed by atoms with Crippen LogP contribution in [0.15, 0.2) is 0 Å². The minimum absolute atomic E-state index is 0. The molecular formula is BrCaILiO3+. The Morgan fingerprint density at radius 1 is 1.00 bits per heavy atom. The predicted molar refractivity (Wildman–Crippen MR) is 5.75 cm³/mol. The van der Waals surface area contributed by atoms with Gasteiger partial charge in [-0.25, -0.2) is 0 Å². The first kappa shape index (κ1) is 22.5. The van der Waals surface area contributed by atoms with Gasteiger partial charge in [0, 0.05) is 0 Å². The van der Waals surface area contributed by atoms with Crippen molar-refractivity contribution in [1.29, 1.82) is 0 Å². The van der Waals surface area contributed by atoms with E-state index in [-0.39, 0.29) is 80.6 Å². The molecule has 0 aromatic heterocycles. The topological polar surface area (TPSA) is 69.2 Å². The van der Waals surface area contributed by atoms with Crippen molar-refractivity contribution in [2.24, 2.45) is 0 Å². The van der Waals surface area contributed by atoms with Gasteiger partial charge in [0.15, 0.2) is 0 Å². The summed E-state index contributed by atoms with van der Waals surface area (Å²) >= 11 is -3.65. The van der Waals surface area contributed by atoms with Crippen molar-refractivity contribution < 1.29 is 70.2 Å². The molecule has 7 heavy (non-hydrogen) atoms. The largest absolute Gasteiger partial charge is 2.00 e. The van der Waals surface area contributed by atoms with Gasteiger partial charge in [0.2, 0.25) is 14.8 Å². The molecule has 0 N–H and O–H groups in total. The summed E-state index contributed by atoms with van der Waals surface area (Å²) in [5.41, 5.74) is 0. The molecule has 0 rings (SSSR count). The van der Waals surface area contributed by atoms with Crippen LogP contribution in [0.5, 0.6) is 0 Å². The fourth-order valence-corrected chi connectivity index (χ4v) is 0. The summed E-state index contributed by atoms with van der Waals surface area (Å²) in [5.74, 6) is 0. The van der Waals surface area contributed by atoms with Crippen LogP contribution in [-0.4, -0.2) is 37.7 Å². The standard InChI is InChI=1S/BrO3.Ca.HI.Li/c2-1(3)4;;;/h;;1H;/q-1;+2;;+1/p-1. The van der Waals surface area contributed by atoms with E-state index in [0.717, 1.165) is 0 Å². The molecule has 0 bridgehead atoms. The van der Waals surface area contributed by atoms with Gasteiger partial charge in [-0.1, -0.05) is 0 Å². The second-order valence-electron chi connectivity index (χ2n) is 0.189. The SMILES string of the molecule is [Ca+2].[I-].[Li+].[O-][Br+2]([O-])[O-]. The van der Waals surface area contributed by atoms with Crippen LogP contribution in [0.4, 0.5) is 0 Å². The van der Waals surface area contributed by atoms with Crippen LogP contribution in [0.3, 0.4) is 0 Å². The third kappa shape index (κ3) is 49.7. The molecule has 0 heterocycles. The monoisotopic (exact) mass is 301 g/mol. The molecule has 7 heteroatoms. The molecule has 3 nitrogen and oxygen atoms in total. The Labute approximate surface area is 106 Å². The summed E-state index contributed by atoms with van der Waals surface area (Å²) in [4.78, 5) is 0. The molecule has 0 aliphatic heterocycles. The normalized spacial score (nSPS) is 5.14. The van der Waals surface area contributed by atoms with Crippen LogP contribution >= 0.6 is 0 Å². The van der Waals surface area contributed by atoms with E-state index in [9.17, 15) is 0 Å². The minimum Gasteiger partial charge on any atom is -1.00 e. The molecule has 0 aromatic carbocycles. The Balaban J connectivity index is -0.0000000150. The van der Waals surface area contributed by atoms with Crippen LogP contribution in [0.2, 0.25) is 0 Å². The van der Waals surface area contributed by atoms with E-state index < -0.39 is 14.8 Å². The number of rotatable bonds is 0. The van der Waals surface area contributed by atoms with Crippen molar-refractivity contribution >= 4 is 37.7 Å². The van der Waals surface area contributed by atoms with Crippen molar-refractivity contribution in [2.75, 3.05) is 0 Å². The minimum atomic E-state index is -3.65. The zero-order valence-corrected chi connectivity index (χ0v) is 9.64. The van der Waals surface area contributed by atoms with Gasteiger partial charge < -0.3 is 36.6 Å². The van der Waals surface area contributed by atoms with Crippen LogP contribution < -0.4 is 55.4 Å². The van der Waals surface area contributed by atoms with E-state index in [1.807, 2.05) is 0 Å². The summed E-state index contributed by atoms with van der Waals surface area (Å²) in [6.45, 7) is 0. The molecule has 0 saturated heterocycles. The van der Waals surface area contributed by atoms with Crippen molar-refractivity contribution in [2.45, 2.75) is 0 Å². The molecule has 34 valence electrons. The van der Waals surface area contributed by atoms with Crippen LogP contribution in [0.25, 0.3) is 0 Å². The fourth-order valence-electron chi connectivity index (χ4n) is 0. The molecule has 0 radical (unpaired) electrons. The van der Waals surface area contributed by atoms with Crippen molar-refractivity contribution in [3.63, 3.8) is 0 Å². The molecule has 0 aromatic rings. The van der Waals surface area contributed by atoms with Gasteiger partial charge in [0.25, 0.3) is 0 Å². The van der Waals surface area contributed by atoms with Crippen LogP contribution in [0, 0.1) is 14.8 Å². The predicted octanol–water partition coefficient (Wildman–Crippen LogP) is -9.94. The molecule has 0 unspecified atom stereocenters. The van der Waals surface area contributed by atoms with Crippen molar-refractivity contribution in [3.05, 3.63) is 0 Å². The Morgan fingerprint density at radius 2 is 1.00 bits per heavy atom. The van der Waals surface area contributed by atoms with E-state index in [0.29, 0.717) is 0 Å². The maximum atomic E-state index is 8.52. The second-order valence-corrected chi connectivity index (χ2v) is 0.982. The van der Waals surface area contributed by atoms with Crippen LogP contribution in [-0.2, 0) is 0 Å². The summed E-state index contributed by atoms with van der Waals surface area (Å²) in [6, 6.07) is 0. The Morgan fingerprint density at radius 3 is 1.00 bits per heavy atom. The smallest absolute Gasteiger partial charge is 1.00 e. The maximum Gasteiger partial charge on any atom is 2.00 e. The summed E-state index contributed by atoms with van der Waals surface area (Å²) in [7, 11) is 0. The molecular weight excluding hydrogens is 302 g/mol. The zero-order valence-electron chi connectivity index (χ0n) is 3.69. The first-order valence-electron chi connectivity index (χ1n) is 0.463. The average molecular weight is 302 g/mol. The number of halogens is 2. The third-order valence-electron chi connectivity index (χ3n) is 0.